The van der Waals surface area contributed by atoms with Gasteiger partial charge in [-0.2, -0.15) is 0 Å². The number of guanidine groups is 1. The number of ether oxygens (including phenoxy) is 4. The normalized spacial score (nSPS) is 22.9. The number of carbonyl (C=O) groups is 13. The number of hydrogen-bond acceptors (Lipinski definition) is 22. The molecule has 105 heavy (non-hydrogen) atoms. The molecule has 36 nitrogen and oxygen atoms in total. The van der Waals surface area contributed by atoms with Crippen molar-refractivity contribution in [3.63, 3.8) is 0 Å². The lowest BCUT2D eigenvalue weighted by Crippen LogP contribution is -2.64. The molecule has 1 aliphatic rings. The van der Waals surface area contributed by atoms with Crippen LogP contribution in [0.25, 0.3) is 0 Å². The van der Waals surface area contributed by atoms with E-state index in [4.69, 9.17) is 36.1 Å². The van der Waals surface area contributed by atoms with Gasteiger partial charge in [0, 0.05) is 13.0 Å². The second kappa shape index (κ2) is 41.5. The molecule has 586 valence electrons. The minimum Gasteiger partial charge on any atom is -0.493 e. The first-order chi connectivity index (χ1) is 48.9. The van der Waals surface area contributed by atoms with Gasteiger partial charge in [0.05, 0.1) is 39.6 Å². The fraction of sp³-hybridized carbons (Fsp3) is 0.623. The highest BCUT2D eigenvalue weighted by atomic mass is 16.6. The molecular formula is C69H109N15O21. The van der Waals surface area contributed by atoms with Gasteiger partial charge in [-0.3, -0.25) is 57.7 Å². The fourth-order valence-electron chi connectivity index (χ4n) is 10.6. The van der Waals surface area contributed by atoms with Crippen molar-refractivity contribution in [2.24, 2.45) is 45.4 Å². The Labute approximate surface area is 610 Å². The van der Waals surface area contributed by atoms with Crippen molar-refractivity contribution in [2.45, 2.75) is 219 Å². The number of nitrogens with two attached hydrogens (primary N) is 3. The summed E-state index contributed by atoms with van der Waals surface area (Å²) in [6, 6.07) is -7.68. The number of primary amides is 1. The van der Waals surface area contributed by atoms with Crippen LogP contribution in [0, 0.1) is 23.2 Å². The van der Waals surface area contributed by atoms with Crippen LogP contribution in [-0.4, -0.2) is 222 Å². The Kier molecular flexibility index (Phi) is 35.3. The average molecular weight is 1480 g/mol. The van der Waals surface area contributed by atoms with E-state index in [2.05, 4.69) is 52.8 Å². The Morgan fingerprint density at radius 3 is 1.77 bits per heavy atom. The third-order valence-corrected chi connectivity index (χ3v) is 16.4. The number of aliphatic imine (C=N–C) groups is 1. The van der Waals surface area contributed by atoms with Crippen LogP contribution in [0.2, 0.25) is 0 Å². The number of amides is 12. The van der Waals surface area contributed by atoms with E-state index in [1.165, 1.54) is 76.6 Å². The summed E-state index contributed by atoms with van der Waals surface area (Å²) in [5.41, 5.74) is 15.0. The highest BCUT2D eigenvalue weighted by Crippen LogP contribution is 2.30. The maximum atomic E-state index is 15.8. The average Bonchev–Trinajstić information content (AvgIpc) is 0.811. The molecule has 12 amide bonds. The van der Waals surface area contributed by atoms with Crippen molar-refractivity contribution in [3.05, 3.63) is 59.7 Å². The molecule has 2 aromatic rings. The molecule has 3 rings (SSSR count). The van der Waals surface area contributed by atoms with Crippen molar-refractivity contribution in [2.75, 3.05) is 33.9 Å². The third kappa shape index (κ3) is 29.3. The molecule has 0 aliphatic carbocycles. The van der Waals surface area contributed by atoms with Gasteiger partial charge in [0.1, 0.15) is 60.0 Å². The zero-order chi connectivity index (χ0) is 79.5. The number of aliphatic hydroxyl groups excluding tert-OH is 4. The van der Waals surface area contributed by atoms with Gasteiger partial charge >= 0.3 is 12.1 Å². The van der Waals surface area contributed by atoms with Crippen molar-refractivity contribution in [1.82, 2.24) is 58.5 Å². The first kappa shape index (κ1) is 89.3. The first-order valence-corrected chi connectivity index (χ1v) is 34.4. The molecule has 0 radical (unpaired) electrons. The topological polar surface area (TPSA) is 562 Å². The van der Waals surface area contributed by atoms with Gasteiger partial charge in [-0.25, -0.2) is 9.59 Å². The van der Waals surface area contributed by atoms with Crippen LogP contribution >= 0.6 is 0 Å². The number of benzene rings is 2. The van der Waals surface area contributed by atoms with Gasteiger partial charge in [0.25, 0.3) is 0 Å². The van der Waals surface area contributed by atoms with Crippen molar-refractivity contribution in [3.8, 4) is 11.5 Å². The lowest BCUT2D eigenvalue weighted by atomic mass is 9.87. The maximum Gasteiger partial charge on any atom is 0.408 e. The number of nitrogens with one attached hydrogen (secondary N) is 11. The molecule has 0 aromatic heterocycles. The zero-order valence-corrected chi connectivity index (χ0v) is 62.2. The van der Waals surface area contributed by atoms with Crippen LogP contribution < -0.4 is 85.2 Å². The number of nitrogens with zero attached hydrogens (tertiary/aromatic N) is 1. The number of carbonyl (C=O) groups excluding carboxylic acids is 13. The lowest BCUT2D eigenvalue weighted by Gasteiger charge is -2.34. The van der Waals surface area contributed by atoms with E-state index in [1.807, 2.05) is 10.6 Å². The van der Waals surface area contributed by atoms with Gasteiger partial charge in [-0.15, -0.1) is 0 Å². The number of esters is 1. The number of alkyl carbamates (subject to hydrolysis) is 1. The van der Waals surface area contributed by atoms with E-state index in [9.17, 15) is 68.4 Å². The van der Waals surface area contributed by atoms with E-state index in [-0.39, 0.29) is 67.2 Å². The number of methoxy groups -OCH3 is 2. The smallest absolute Gasteiger partial charge is 0.408 e. The summed E-state index contributed by atoms with van der Waals surface area (Å²) >= 11 is 0. The second-order valence-corrected chi connectivity index (χ2v) is 28.5. The summed E-state index contributed by atoms with van der Waals surface area (Å²) < 4.78 is 22.5. The van der Waals surface area contributed by atoms with Crippen LogP contribution in [-0.2, 0) is 73.4 Å². The molecule has 36 heteroatoms. The van der Waals surface area contributed by atoms with E-state index < -0.39 is 210 Å². The molecule has 1 heterocycles. The number of rotatable bonds is 25. The van der Waals surface area contributed by atoms with Crippen LogP contribution in [0.4, 0.5) is 4.79 Å². The monoisotopic (exact) mass is 1480 g/mol. The quantitative estimate of drug-likeness (QED) is 0.0201. The Hall–Kier alpha value is -9.94. The second-order valence-electron chi connectivity index (χ2n) is 28.5. The molecular weight excluding hydrogens is 1370 g/mol. The van der Waals surface area contributed by atoms with Crippen LogP contribution in [0.1, 0.15) is 139 Å². The first-order valence-electron chi connectivity index (χ1n) is 34.4. The summed E-state index contributed by atoms with van der Waals surface area (Å²) in [4.78, 5) is 192. The van der Waals surface area contributed by atoms with Crippen molar-refractivity contribution < 1.29 is 102 Å². The molecule has 0 saturated carbocycles. The highest BCUT2D eigenvalue weighted by molar-refractivity contribution is 6.00. The summed E-state index contributed by atoms with van der Waals surface area (Å²) in [7, 11) is 2.70. The van der Waals surface area contributed by atoms with Gasteiger partial charge in [-0.05, 0) is 99.8 Å². The highest BCUT2D eigenvalue weighted by Gasteiger charge is 2.44. The predicted molar refractivity (Wildman–Crippen MR) is 380 cm³/mol. The van der Waals surface area contributed by atoms with Gasteiger partial charge in [0.2, 0.25) is 65.0 Å². The molecule has 0 bridgehead atoms. The Morgan fingerprint density at radius 1 is 0.657 bits per heavy atom. The Balaban J connectivity index is 2.54. The van der Waals surface area contributed by atoms with Crippen molar-refractivity contribution in [1.29, 1.82) is 0 Å². The van der Waals surface area contributed by atoms with Crippen molar-refractivity contribution >= 4 is 83.0 Å². The number of aliphatic hydroxyl groups is 4. The van der Waals surface area contributed by atoms with Gasteiger partial charge < -0.3 is 115 Å². The fourth-order valence-corrected chi connectivity index (χ4v) is 10.6. The van der Waals surface area contributed by atoms with Crippen LogP contribution in [0.5, 0.6) is 11.5 Å². The number of hydrogen-bond donors (Lipinski definition) is 18. The van der Waals surface area contributed by atoms with Crippen LogP contribution in [0.15, 0.2) is 53.5 Å². The zero-order valence-electron chi connectivity index (χ0n) is 62.2. The van der Waals surface area contributed by atoms with Gasteiger partial charge in [0.15, 0.2) is 35.7 Å². The Bertz CT molecular complexity index is 3360. The van der Waals surface area contributed by atoms with Gasteiger partial charge in [-0.1, -0.05) is 105 Å². The SMILES string of the molecule is CC[C@H](C)[C@@H]1NC(=O)[C@@H](CCCN=C(N)N)NC(=O)[C@H](CC(C)C)NC(=O)[C@H]([C@H](O)C(C)C)NC(=O)[C@@H](NC(=O)[C@H](Cc2ccc(OC)c(OC)c2)NC(=O)[C@@H](CC(C)(C)C)NC(=O)OC(C)(C)C)[C@@H](c2ccccc2)OC(=O)[C@H](CO)NC(=O)[C@H]([C@H](O)C(N)=O)NC(=O)CNC(=O)[C@H]([C@H](C)O)NC1=O. The molecule has 2 aromatic carbocycles. The summed E-state index contributed by atoms with van der Waals surface area (Å²) in [6.45, 7) is 18.1. The van der Waals surface area contributed by atoms with E-state index >= 15 is 14.4 Å². The summed E-state index contributed by atoms with van der Waals surface area (Å²) in [5, 5.41) is 71.4. The summed E-state index contributed by atoms with van der Waals surface area (Å²) in [6.07, 6.45) is -10.1. The standard InChI is InChI=1S/C69H109N15O21/c1-16-35(6)47-61(96)82-48(36(7)86)60(95)74-31-46(87)80-50(53(89)55(70)90)63(98)78-43(32-85)65(100)104-54(38-21-18-17-19-22-38)51(64(99)83-49(52(88)34(4)5)62(97)77-40(27-33(2)3)57(92)75-39(56(91)81-47)23-20-26-73-66(71)72)84-58(93)41(28-37-24-25-44(102-14)45(29-37)103-15)76-59(94)42(30-68(8,9)10)79-67(101)105-69(11,12)13/h17-19,21-22,24-25,29,33-36,39-43,47-54,85-86,88-89H,16,20,23,26-28,30-32H2,1-15H3,(H2,70,90)(H,74,95)(H,75,92)(H,76,94)(H,77,97)(H,78,98)(H,79,101)(H,80,87)(H,81,91)(H,82,96)(H,83,99)(H,84,93)(H4,71,72,73)/t35-,36-,39+,40-,41-,42+,43-,47-,48-,49-,50-,51-,52+,53-,54+/m0/s1. The van der Waals surface area contributed by atoms with E-state index in [1.54, 1.807) is 69.2 Å². The molecule has 0 spiro atoms. The molecule has 1 saturated heterocycles. The molecule has 1 aliphatic heterocycles. The lowest BCUT2D eigenvalue weighted by molar-refractivity contribution is -0.159. The Morgan fingerprint density at radius 2 is 1.23 bits per heavy atom. The minimum absolute atomic E-state index is 0.0150. The predicted octanol–water partition coefficient (Wildman–Crippen LogP) is -3.26. The minimum atomic E-state index is -2.62. The number of cyclic esters (lactones) is 1. The van der Waals surface area contributed by atoms with Crippen LogP contribution in [0.3, 0.4) is 0 Å². The maximum absolute atomic E-state index is 15.8. The van der Waals surface area contributed by atoms with E-state index in [0.717, 1.165) is 6.92 Å². The molecule has 15 atom stereocenters. The third-order valence-electron chi connectivity index (χ3n) is 16.4. The molecule has 21 N–H and O–H groups in total. The van der Waals surface area contributed by atoms with E-state index in [0.29, 0.717) is 0 Å². The largest absolute Gasteiger partial charge is 0.493 e. The summed E-state index contributed by atoms with van der Waals surface area (Å²) in [5.74, 6) is -17.4. The molecule has 1 fully saturated rings. The molecule has 0 unspecified atom stereocenters.